The summed E-state index contributed by atoms with van der Waals surface area (Å²) in [7, 11) is 0. The number of aliphatic carboxylic acids is 1. The molecule has 0 aliphatic rings. The number of hydrogen-bond acceptors (Lipinski definition) is 3. The number of carboxylic acids is 1. The lowest BCUT2D eigenvalue weighted by molar-refractivity contribution is -0.138. The molecule has 3 nitrogen and oxygen atoms in total. The molecule has 1 unspecified atom stereocenters. The van der Waals surface area contributed by atoms with Crippen molar-refractivity contribution < 1.29 is 9.90 Å². The maximum atomic E-state index is 10.5. The fourth-order valence-electron chi connectivity index (χ4n) is 0.932. The van der Waals surface area contributed by atoms with Crippen molar-refractivity contribution in [3.05, 3.63) is 21.9 Å². The summed E-state index contributed by atoms with van der Waals surface area (Å²) in [4.78, 5) is 10.5. The summed E-state index contributed by atoms with van der Waals surface area (Å²) in [5, 5.41) is 12.2. The SMILES string of the molecule is C#Cc1cscc1CC(N)C(=O)O. The van der Waals surface area contributed by atoms with E-state index in [1.165, 1.54) is 11.3 Å². The molecule has 1 atom stereocenters. The van der Waals surface area contributed by atoms with Crippen molar-refractivity contribution in [3.63, 3.8) is 0 Å². The lowest BCUT2D eigenvalue weighted by Crippen LogP contribution is -2.32. The van der Waals surface area contributed by atoms with Crippen molar-refractivity contribution in [3.8, 4) is 12.3 Å². The summed E-state index contributed by atoms with van der Waals surface area (Å²) in [6.45, 7) is 0. The van der Waals surface area contributed by atoms with Gasteiger partial charge in [-0.1, -0.05) is 5.92 Å². The number of nitrogens with two attached hydrogens (primary N) is 1. The lowest BCUT2D eigenvalue weighted by atomic mass is 10.1. The molecule has 0 saturated heterocycles. The van der Waals surface area contributed by atoms with Gasteiger partial charge in [-0.25, -0.2) is 0 Å². The molecule has 68 valence electrons. The number of thiophene rings is 1. The molecule has 4 heteroatoms. The molecule has 0 fully saturated rings. The van der Waals surface area contributed by atoms with E-state index in [0.29, 0.717) is 6.42 Å². The van der Waals surface area contributed by atoms with Gasteiger partial charge in [0.25, 0.3) is 0 Å². The van der Waals surface area contributed by atoms with Gasteiger partial charge in [-0.15, -0.1) is 6.42 Å². The molecule has 0 bridgehead atoms. The molecule has 1 rings (SSSR count). The van der Waals surface area contributed by atoms with Gasteiger partial charge in [0.15, 0.2) is 0 Å². The van der Waals surface area contributed by atoms with E-state index in [9.17, 15) is 4.79 Å². The molecule has 0 saturated carbocycles. The molecule has 1 aromatic rings. The van der Waals surface area contributed by atoms with Crippen LogP contribution in [0.2, 0.25) is 0 Å². The average Bonchev–Trinajstić information content (AvgIpc) is 2.51. The van der Waals surface area contributed by atoms with Crippen LogP contribution in [-0.2, 0) is 11.2 Å². The van der Waals surface area contributed by atoms with Gasteiger partial charge in [0.2, 0.25) is 0 Å². The monoisotopic (exact) mass is 195 g/mol. The van der Waals surface area contributed by atoms with Crippen molar-refractivity contribution in [2.45, 2.75) is 12.5 Å². The van der Waals surface area contributed by atoms with Crippen LogP contribution in [0.1, 0.15) is 11.1 Å². The van der Waals surface area contributed by atoms with E-state index < -0.39 is 12.0 Å². The molecule has 1 aromatic heterocycles. The molecule has 0 spiro atoms. The van der Waals surface area contributed by atoms with Crippen LogP contribution in [-0.4, -0.2) is 17.1 Å². The Hall–Kier alpha value is -1.31. The van der Waals surface area contributed by atoms with Crippen LogP contribution in [0.5, 0.6) is 0 Å². The second kappa shape index (κ2) is 4.08. The molecule has 1 heterocycles. The Balaban J connectivity index is 2.75. The van der Waals surface area contributed by atoms with Crippen molar-refractivity contribution in [2.24, 2.45) is 5.73 Å². The highest BCUT2D eigenvalue weighted by atomic mass is 32.1. The molecular formula is C9H9NO2S. The molecule has 0 aliphatic carbocycles. The highest BCUT2D eigenvalue weighted by Crippen LogP contribution is 2.15. The quantitative estimate of drug-likeness (QED) is 0.697. The molecular weight excluding hydrogens is 186 g/mol. The van der Waals surface area contributed by atoms with Crippen LogP contribution in [0.3, 0.4) is 0 Å². The van der Waals surface area contributed by atoms with E-state index >= 15 is 0 Å². The Bertz CT molecular complexity index is 351. The number of hydrogen-bond donors (Lipinski definition) is 2. The van der Waals surface area contributed by atoms with Gasteiger partial charge in [0.1, 0.15) is 6.04 Å². The molecule has 0 radical (unpaired) electrons. The summed E-state index contributed by atoms with van der Waals surface area (Å²) in [6, 6.07) is -0.873. The van der Waals surface area contributed by atoms with E-state index in [1.807, 2.05) is 10.8 Å². The molecule has 13 heavy (non-hydrogen) atoms. The summed E-state index contributed by atoms with van der Waals surface area (Å²) in [5.41, 5.74) is 6.94. The molecule has 3 N–H and O–H groups in total. The van der Waals surface area contributed by atoms with Crippen LogP contribution in [0, 0.1) is 12.3 Å². The van der Waals surface area contributed by atoms with Gasteiger partial charge in [-0.05, 0) is 10.9 Å². The normalized spacial score (nSPS) is 12.0. The zero-order valence-corrected chi connectivity index (χ0v) is 7.67. The van der Waals surface area contributed by atoms with Crippen LogP contribution >= 0.6 is 11.3 Å². The van der Waals surface area contributed by atoms with Gasteiger partial charge in [0, 0.05) is 17.4 Å². The third kappa shape index (κ3) is 2.31. The number of carbonyl (C=O) groups is 1. The summed E-state index contributed by atoms with van der Waals surface area (Å²) in [6.07, 6.45) is 5.51. The van der Waals surface area contributed by atoms with Crippen molar-refractivity contribution in [2.75, 3.05) is 0 Å². The zero-order chi connectivity index (χ0) is 9.84. The van der Waals surface area contributed by atoms with E-state index in [-0.39, 0.29) is 0 Å². The topological polar surface area (TPSA) is 63.3 Å². The van der Waals surface area contributed by atoms with Crippen LogP contribution in [0.25, 0.3) is 0 Å². The van der Waals surface area contributed by atoms with E-state index in [2.05, 4.69) is 5.92 Å². The minimum absolute atomic E-state index is 0.290. The second-order valence-corrected chi connectivity index (χ2v) is 3.35. The van der Waals surface area contributed by atoms with E-state index in [4.69, 9.17) is 17.3 Å². The number of terminal acetylenes is 1. The Morgan fingerprint density at radius 1 is 1.77 bits per heavy atom. The lowest BCUT2D eigenvalue weighted by Gasteiger charge is -2.04. The minimum atomic E-state index is -1.01. The average molecular weight is 195 g/mol. The predicted molar refractivity (Wildman–Crippen MR) is 51.6 cm³/mol. The summed E-state index contributed by atoms with van der Waals surface area (Å²) < 4.78 is 0. The fraction of sp³-hybridized carbons (Fsp3) is 0.222. The minimum Gasteiger partial charge on any atom is -0.480 e. The summed E-state index contributed by atoms with van der Waals surface area (Å²) >= 11 is 1.45. The van der Waals surface area contributed by atoms with Crippen molar-refractivity contribution in [1.82, 2.24) is 0 Å². The van der Waals surface area contributed by atoms with Gasteiger partial charge >= 0.3 is 5.97 Å². The zero-order valence-electron chi connectivity index (χ0n) is 6.86. The van der Waals surface area contributed by atoms with Gasteiger partial charge < -0.3 is 10.8 Å². The van der Waals surface area contributed by atoms with Crippen LogP contribution in [0.15, 0.2) is 10.8 Å². The largest absolute Gasteiger partial charge is 0.480 e. The van der Waals surface area contributed by atoms with Crippen LogP contribution < -0.4 is 5.73 Å². The van der Waals surface area contributed by atoms with Gasteiger partial charge in [-0.3, -0.25) is 4.79 Å². The van der Waals surface area contributed by atoms with E-state index in [0.717, 1.165) is 11.1 Å². The molecule has 0 amide bonds. The highest BCUT2D eigenvalue weighted by Gasteiger charge is 2.14. The van der Waals surface area contributed by atoms with E-state index in [1.54, 1.807) is 0 Å². The number of carboxylic acid groups (broad SMARTS) is 1. The van der Waals surface area contributed by atoms with Crippen molar-refractivity contribution >= 4 is 17.3 Å². The first-order valence-corrected chi connectivity index (χ1v) is 4.59. The number of rotatable bonds is 3. The standard InChI is InChI=1S/C9H9NO2S/c1-2-6-4-13-5-7(6)3-8(10)9(11)12/h1,4-5,8H,3,10H2,(H,11,12). The summed E-state index contributed by atoms with van der Waals surface area (Å²) in [5.74, 6) is 1.48. The Morgan fingerprint density at radius 2 is 2.46 bits per heavy atom. The maximum absolute atomic E-state index is 10.5. The maximum Gasteiger partial charge on any atom is 0.320 e. The third-order valence-electron chi connectivity index (χ3n) is 1.65. The van der Waals surface area contributed by atoms with Gasteiger partial charge in [-0.2, -0.15) is 11.3 Å². The Morgan fingerprint density at radius 3 is 3.00 bits per heavy atom. The third-order valence-corrected chi connectivity index (χ3v) is 2.45. The smallest absolute Gasteiger partial charge is 0.320 e. The fourth-order valence-corrected chi connectivity index (χ4v) is 1.74. The van der Waals surface area contributed by atoms with Gasteiger partial charge in [0.05, 0.1) is 0 Å². The first-order chi connectivity index (χ1) is 6.15. The Kier molecular flexibility index (Phi) is 3.07. The predicted octanol–water partition coefficient (Wildman–Crippen LogP) is 0.684. The Labute approximate surface area is 80.2 Å². The van der Waals surface area contributed by atoms with Crippen molar-refractivity contribution in [1.29, 1.82) is 0 Å². The van der Waals surface area contributed by atoms with Crippen LogP contribution in [0.4, 0.5) is 0 Å². The second-order valence-electron chi connectivity index (χ2n) is 2.60. The first-order valence-electron chi connectivity index (χ1n) is 3.65. The highest BCUT2D eigenvalue weighted by molar-refractivity contribution is 7.08. The molecule has 0 aliphatic heterocycles. The molecule has 0 aromatic carbocycles. The first kappa shape index (κ1) is 9.78.